The molecule has 0 atom stereocenters. The molecule has 3 rings (SSSR count). The molecule has 2 N–H and O–H groups in total. The topological polar surface area (TPSA) is 67.4 Å². The summed E-state index contributed by atoms with van der Waals surface area (Å²) in [7, 11) is 0. The number of carbonyl (C=O) groups excluding carboxylic acids is 2. The average Bonchev–Trinajstić information content (AvgIpc) is 2.60. The zero-order chi connectivity index (χ0) is 17.8. The molecule has 25 heavy (non-hydrogen) atoms. The van der Waals surface area contributed by atoms with Gasteiger partial charge in [-0.2, -0.15) is 0 Å². The second-order valence-corrected chi connectivity index (χ2v) is 6.02. The van der Waals surface area contributed by atoms with Gasteiger partial charge in [-0.15, -0.1) is 0 Å². The van der Waals surface area contributed by atoms with Crippen LogP contribution >= 0.6 is 11.6 Å². The number of hydrogen-bond donors (Lipinski definition) is 2. The van der Waals surface area contributed by atoms with Crippen molar-refractivity contribution in [2.45, 2.75) is 13.3 Å². The zero-order valence-corrected chi connectivity index (χ0v) is 14.4. The summed E-state index contributed by atoms with van der Waals surface area (Å²) in [5, 5.41) is 6.13. The highest BCUT2D eigenvalue weighted by molar-refractivity contribution is 6.30. The Morgan fingerprint density at radius 3 is 2.88 bits per heavy atom. The fourth-order valence-corrected chi connectivity index (χ4v) is 2.59. The lowest BCUT2D eigenvalue weighted by atomic mass is 10.1. The van der Waals surface area contributed by atoms with E-state index in [9.17, 15) is 9.59 Å². The van der Waals surface area contributed by atoms with Crippen LogP contribution in [0.5, 0.6) is 5.75 Å². The van der Waals surface area contributed by atoms with E-state index >= 15 is 0 Å². The van der Waals surface area contributed by atoms with Gasteiger partial charge in [-0.3, -0.25) is 9.59 Å². The quantitative estimate of drug-likeness (QED) is 0.817. The summed E-state index contributed by atoms with van der Waals surface area (Å²) in [6.07, 6.45) is 2.47. The molecule has 0 spiro atoms. The summed E-state index contributed by atoms with van der Waals surface area (Å²) in [5.41, 5.74) is 1.70. The van der Waals surface area contributed by atoms with Crippen molar-refractivity contribution in [2.75, 3.05) is 11.9 Å². The molecule has 0 aromatic heterocycles. The standard InChI is InChI=1S/C19H17ClN2O3/c1-2-8-21-18(23)13-6-7-16-15(11-13)22-19(24)17(25-16)10-12-4-3-5-14(20)9-12/h3-7,9-11H,2,8H2,1H3,(H,21,23)(H,22,24)/b17-10-. The fraction of sp³-hybridized carbons (Fsp3) is 0.158. The van der Waals surface area contributed by atoms with Crippen molar-refractivity contribution in [1.82, 2.24) is 5.32 Å². The molecule has 1 aliphatic heterocycles. The number of benzene rings is 2. The van der Waals surface area contributed by atoms with Gasteiger partial charge in [0.25, 0.3) is 11.8 Å². The molecule has 1 heterocycles. The van der Waals surface area contributed by atoms with Crippen LogP contribution in [-0.4, -0.2) is 18.4 Å². The van der Waals surface area contributed by atoms with E-state index in [2.05, 4.69) is 10.6 Å². The molecule has 0 aliphatic carbocycles. The Hall–Kier alpha value is -2.79. The van der Waals surface area contributed by atoms with Crippen molar-refractivity contribution in [2.24, 2.45) is 0 Å². The van der Waals surface area contributed by atoms with Gasteiger partial charge in [-0.25, -0.2) is 0 Å². The first-order chi connectivity index (χ1) is 12.1. The largest absolute Gasteiger partial charge is 0.449 e. The van der Waals surface area contributed by atoms with E-state index in [1.165, 1.54) is 0 Å². The van der Waals surface area contributed by atoms with Crippen molar-refractivity contribution < 1.29 is 14.3 Å². The summed E-state index contributed by atoms with van der Waals surface area (Å²) in [6, 6.07) is 12.1. The van der Waals surface area contributed by atoms with Crippen LogP contribution in [0, 0.1) is 0 Å². The number of nitrogens with one attached hydrogen (secondary N) is 2. The molecule has 0 radical (unpaired) electrons. The molecular weight excluding hydrogens is 340 g/mol. The molecule has 6 heteroatoms. The lowest BCUT2D eigenvalue weighted by molar-refractivity contribution is -0.115. The normalized spacial score (nSPS) is 14.5. The monoisotopic (exact) mass is 356 g/mol. The van der Waals surface area contributed by atoms with E-state index in [0.717, 1.165) is 12.0 Å². The Morgan fingerprint density at radius 1 is 1.28 bits per heavy atom. The third-order valence-corrected chi connectivity index (χ3v) is 3.85. The van der Waals surface area contributed by atoms with E-state index in [1.54, 1.807) is 42.5 Å². The van der Waals surface area contributed by atoms with Gasteiger partial charge in [0.1, 0.15) is 0 Å². The van der Waals surface area contributed by atoms with Crippen LogP contribution in [0.3, 0.4) is 0 Å². The third kappa shape index (κ3) is 4.00. The first kappa shape index (κ1) is 17.0. The molecule has 0 fully saturated rings. The van der Waals surface area contributed by atoms with Gasteiger partial charge in [0, 0.05) is 17.1 Å². The predicted octanol–water partition coefficient (Wildman–Crippen LogP) is 3.85. The highest BCUT2D eigenvalue weighted by atomic mass is 35.5. The Morgan fingerprint density at radius 2 is 2.12 bits per heavy atom. The summed E-state index contributed by atoms with van der Waals surface area (Å²) in [4.78, 5) is 24.3. The number of amides is 2. The Bertz CT molecular complexity index is 861. The average molecular weight is 357 g/mol. The zero-order valence-electron chi connectivity index (χ0n) is 13.6. The minimum Gasteiger partial charge on any atom is -0.449 e. The number of anilines is 1. The second kappa shape index (κ2) is 7.40. The smallest absolute Gasteiger partial charge is 0.291 e. The van der Waals surface area contributed by atoms with Gasteiger partial charge in [0.05, 0.1) is 5.69 Å². The van der Waals surface area contributed by atoms with Gasteiger partial charge in [0.2, 0.25) is 0 Å². The van der Waals surface area contributed by atoms with Crippen LogP contribution in [0.1, 0.15) is 29.3 Å². The first-order valence-corrected chi connectivity index (χ1v) is 8.33. The number of hydrogen-bond acceptors (Lipinski definition) is 3. The maximum atomic E-state index is 12.3. The van der Waals surface area contributed by atoms with Gasteiger partial charge >= 0.3 is 0 Å². The SMILES string of the molecule is CCCNC(=O)c1ccc2c(c1)NC(=O)/C(=C/c1cccc(Cl)c1)O2. The molecule has 2 amide bonds. The summed E-state index contributed by atoms with van der Waals surface area (Å²) >= 11 is 5.95. The van der Waals surface area contributed by atoms with E-state index in [1.807, 2.05) is 13.0 Å². The van der Waals surface area contributed by atoms with Gasteiger partial charge < -0.3 is 15.4 Å². The molecule has 1 aliphatic rings. The first-order valence-electron chi connectivity index (χ1n) is 7.95. The Balaban J connectivity index is 1.84. The molecule has 128 valence electrons. The van der Waals surface area contributed by atoms with E-state index in [-0.39, 0.29) is 17.6 Å². The highest BCUT2D eigenvalue weighted by Gasteiger charge is 2.23. The van der Waals surface area contributed by atoms with E-state index in [0.29, 0.717) is 28.6 Å². The number of fused-ring (bicyclic) bond motifs is 1. The van der Waals surface area contributed by atoms with Gasteiger partial charge in [-0.1, -0.05) is 30.7 Å². The lowest BCUT2D eigenvalue weighted by Gasteiger charge is -2.20. The molecule has 0 saturated heterocycles. The minimum absolute atomic E-state index is 0.165. The Labute approximate surface area is 150 Å². The van der Waals surface area contributed by atoms with Crippen molar-refractivity contribution in [3.05, 3.63) is 64.4 Å². The molecule has 5 nitrogen and oxygen atoms in total. The molecule has 0 saturated carbocycles. The number of carbonyl (C=O) groups is 2. The van der Waals surface area contributed by atoms with Gasteiger partial charge in [0.15, 0.2) is 11.5 Å². The number of halogens is 1. The van der Waals surface area contributed by atoms with Gasteiger partial charge in [-0.05, 0) is 48.4 Å². The highest BCUT2D eigenvalue weighted by Crippen LogP contribution is 2.32. The van der Waals surface area contributed by atoms with E-state index < -0.39 is 0 Å². The maximum Gasteiger partial charge on any atom is 0.291 e. The summed E-state index contributed by atoms with van der Waals surface area (Å²) in [5.74, 6) is 0.0932. The van der Waals surface area contributed by atoms with Crippen molar-refractivity contribution in [3.8, 4) is 5.75 Å². The predicted molar refractivity (Wildman–Crippen MR) is 97.8 cm³/mol. The summed E-state index contributed by atoms with van der Waals surface area (Å²) in [6.45, 7) is 2.58. The van der Waals surface area contributed by atoms with Crippen LogP contribution in [0.4, 0.5) is 5.69 Å². The molecule has 0 unspecified atom stereocenters. The fourth-order valence-electron chi connectivity index (χ4n) is 2.39. The third-order valence-electron chi connectivity index (χ3n) is 3.62. The van der Waals surface area contributed by atoms with Crippen molar-refractivity contribution in [1.29, 1.82) is 0 Å². The van der Waals surface area contributed by atoms with Crippen LogP contribution in [-0.2, 0) is 4.79 Å². The second-order valence-electron chi connectivity index (χ2n) is 5.59. The molecular formula is C19H17ClN2O3. The minimum atomic E-state index is -0.376. The molecule has 2 aromatic carbocycles. The summed E-state index contributed by atoms with van der Waals surface area (Å²) < 4.78 is 5.68. The van der Waals surface area contributed by atoms with Crippen LogP contribution < -0.4 is 15.4 Å². The molecule has 2 aromatic rings. The van der Waals surface area contributed by atoms with Crippen molar-refractivity contribution in [3.63, 3.8) is 0 Å². The maximum absolute atomic E-state index is 12.3. The van der Waals surface area contributed by atoms with Crippen LogP contribution in [0.15, 0.2) is 48.2 Å². The molecule has 0 bridgehead atoms. The van der Waals surface area contributed by atoms with E-state index in [4.69, 9.17) is 16.3 Å². The van der Waals surface area contributed by atoms with Crippen LogP contribution in [0.25, 0.3) is 6.08 Å². The van der Waals surface area contributed by atoms with Crippen molar-refractivity contribution >= 4 is 35.2 Å². The van der Waals surface area contributed by atoms with Crippen LogP contribution in [0.2, 0.25) is 5.02 Å². The Kier molecular flexibility index (Phi) is 5.05. The lowest BCUT2D eigenvalue weighted by Crippen LogP contribution is -2.26. The number of rotatable bonds is 4. The number of ether oxygens (including phenoxy) is 1.